The van der Waals surface area contributed by atoms with Gasteiger partial charge in [0.15, 0.2) is 0 Å². The average molecular weight is 197 g/mol. The molecule has 0 amide bonds. The minimum absolute atomic E-state index is 0.466. The molecule has 0 spiro atoms. The lowest BCUT2D eigenvalue weighted by atomic mass is 9.90. The van der Waals surface area contributed by atoms with Crippen molar-refractivity contribution < 1.29 is 0 Å². The van der Waals surface area contributed by atoms with E-state index >= 15 is 0 Å². The van der Waals surface area contributed by atoms with Crippen molar-refractivity contribution in [3.8, 4) is 0 Å². The average Bonchev–Trinajstić information content (AvgIpc) is 2.19. The molecule has 3 heteroatoms. The summed E-state index contributed by atoms with van der Waals surface area (Å²) in [4.78, 5) is 5.07. The van der Waals surface area contributed by atoms with Crippen molar-refractivity contribution >= 4 is 0 Å². The third-order valence-electron chi connectivity index (χ3n) is 3.74. The van der Waals surface area contributed by atoms with Crippen molar-refractivity contribution in [3.63, 3.8) is 0 Å². The number of nitrogens with two attached hydrogens (primary N) is 1. The number of nitrogens with zero attached hydrogens (tertiary/aromatic N) is 2. The van der Waals surface area contributed by atoms with Gasteiger partial charge >= 0.3 is 0 Å². The molecule has 1 saturated carbocycles. The molecule has 1 heterocycles. The molecule has 82 valence electrons. The Hall–Kier alpha value is -0.120. The van der Waals surface area contributed by atoms with Crippen molar-refractivity contribution in [1.29, 1.82) is 0 Å². The molecule has 2 atom stereocenters. The highest BCUT2D eigenvalue weighted by atomic mass is 15.3. The van der Waals surface area contributed by atoms with E-state index in [0.29, 0.717) is 6.04 Å². The number of hydrogen-bond donors (Lipinski definition) is 1. The maximum absolute atomic E-state index is 6.02. The summed E-state index contributed by atoms with van der Waals surface area (Å²) in [7, 11) is 2.21. The van der Waals surface area contributed by atoms with Crippen LogP contribution in [0.3, 0.4) is 0 Å². The van der Waals surface area contributed by atoms with Crippen LogP contribution in [-0.2, 0) is 0 Å². The second-order valence-corrected chi connectivity index (χ2v) is 4.92. The first-order chi connectivity index (χ1) is 6.75. The summed E-state index contributed by atoms with van der Waals surface area (Å²) in [6, 6.07) is 1.25. The Balaban J connectivity index is 1.82. The van der Waals surface area contributed by atoms with Crippen LogP contribution in [0.1, 0.15) is 25.7 Å². The van der Waals surface area contributed by atoms with Gasteiger partial charge in [-0.05, 0) is 26.3 Å². The normalized spacial score (nSPS) is 37.3. The van der Waals surface area contributed by atoms with Gasteiger partial charge in [-0.1, -0.05) is 6.42 Å². The van der Waals surface area contributed by atoms with Crippen LogP contribution in [0.2, 0.25) is 0 Å². The van der Waals surface area contributed by atoms with Gasteiger partial charge in [-0.2, -0.15) is 0 Å². The Labute approximate surface area is 87.2 Å². The first-order valence-electron chi connectivity index (χ1n) is 5.94. The fourth-order valence-corrected chi connectivity index (χ4v) is 2.72. The van der Waals surface area contributed by atoms with Gasteiger partial charge in [-0.15, -0.1) is 0 Å². The molecule has 3 nitrogen and oxygen atoms in total. The first-order valence-corrected chi connectivity index (χ1v) is 5.94. The summed E-state index contributed by atoms with van der Waals surface area (Å²) >= 11 is 0. The van der Waals surface area contributed by atoms with Crippen LogP contribution in [0, 0.1) is 0 Å². The van der Waals surface area contributed by atoms with Crippen LogP contribution < -0.4 is 5.73 Å². The second kappa shape index (κ2) is 4.60. The Morgan fingerprint density at radius 2 is 1.79 bits per heavy atom. The van der Waals surface area contributed by atoms with Gasteiger partial charge in [0.05, 0.1) is 0 Å². The minimum Gasteiger partial charge on any atom is -0.328 e. The van der Waals surface area contributed by atoms with E-state index in [0.717, 1.165) is 6.04 Å². The van der Waals surface area contributed by atoms with Crippen molar-refractivity contribution in [3.05, 3.63) is 0 Å². The Bertz CT molecular complexity index is 175. The molecule has 0 aromatic carbocycles. The largest absolute Gasteiger partial charge is 0.328 e. The molecule has 2 aliphatic rings. The molecule has 0 radical (unpaired) electrons. The van der Waals surface area contributed by atoms with Crippen molar-refractivity contribution in [2.24, 2.45) is 5.73 Å². The summed E-state index contributed by atoms with van der Waals surface area (Å²) in [6.07, 6.45) is 5.17. The van der Waals surface area contributed by atoms with Crippen LogP contribution >= 0.6 is 0 Å². The van der Waals surface area contributed by atoms with Crippen LogP contribution in [0.25, 0.3) is 0 Å². The van der Waals surface area contributed by atoms with E-state index in [2.05, 4.69) is 16.8 Å². The Morgan fingerprint density at radius 3 is 2.43 bits per heavy atom. The number of piperazine rings is 1. The summed E-state index contributed by atoms with van der Waals surface area (Å²) in [5.41, 5.74) is 6.02. The van der Waals surface area contributed by atoms with Crippen LogP contribution in [0.5, 0.6) is 0 Å². The van der Waals surface area contributed by atoms with Crippen LogP contribution in [0.15, 0.2) is 0 Å². The highest BCUT2D eigenvalue weighted by Gasteiger charge is 2.26. The molecule has 2 rings (SSSR count). The number of rotatable bonds is 1. The van der Waals surface area contributed by atoms with Gasteiger partial charge in [0.25, 0.3) is 0 Å². The molecule has 1 aliphatic carbocycles. The van der Waals surface area contributed by atoms with Crippen LogP contribution in [0.4, 0.5) is 0 Å². The molecule has 1 aliphatic heterocycles. The van der Waals surface area contributed by atoms with E-state index in [1.165, 1.54) is 51.9 Å². The van der Waals surface area contributed by atoms with Gasteiger partial charge in [-0.25, -0.2) is 0 Å². The molecule has 14 heavy (non-hydrogen) atoms. The standard InChI is InChI=1S/C11H23N3/c1-13-5-7-14(8-6-13)11-4-2-3-10(12)9-11/h10-11H,2-9,12H2,1H3/t10-,11+/m0/s1. The van der Waals surface area contributed by atoms with Gasteiger partial charge in [0, 0.05) is 38.3 Å². The highest BCUT2D eigenvalue weighted by molar-refractivity contribution is 4.84. The van der Waals surface area contributed by atoms with Crippen LogP contribution in [-0.4, -0.2) is 55.1 Å². The van der Waals surface area contributed by atoms with E-state index in [9.17, 15) is 0 Å². The zero-order valence-corrected chi connectivity index (χ0v) is 9.28. The molecular formula is C11H23N3. The van der Waals surface area contributed by atoms with Crippen molar-refractivity contribution in [2.75, 3.05) is 33.2 Å². The molecule has 2 N–H and O–H groups in total. The lowest BCUT2D eigenvalue weighted by Gasteiger charge is -2.40. The molecule has 0 aromatic rings. The molecule has 0 aromatic heterocycles. The maximum atomic E-state index is 6.02. The summed E-state index contributed by atoms with van der Waals surface area (Å²) in [5, 5.41) is 0. The third-order valence-corrected chi connectivity index (χ3v) is 3.74. The Kier molecular flexibility index (Phi) is 3.42. The summed E-state index contributed by atoms with van der Waals surface area (Å²) in [6.45, 7) is 4.94. The SMILES string of the molecule is CN1CCN([C@@H]2CCC[C@H](N)C2)CC1. The highest BCUT2D eigenvalue weighted by Crippen LogP contribution is 2.22. The monoisotopic (exact) mass is 197 g/mol. The summed E-state index contributed by atoms with van der Waals surface area (Å²) in [5.74, 6) is 0. The number of hydrogen-bond acceptors (Lipinski definition) is 3. The predicted octanol–water partition coefficient (Wildman–Crippen LogP) is 0.504. The van der Waals surface area contributed by atoms with E-state index < -0.39 is 0 Å². The van der Waals surface area contributed by atoms with Gasteiger partial charge < -0.3 is 10.6 Å². The topological polar surface area (TPSA) is 32.5 Å². The summed E-state index contributed by atoms with van der Waals surface area (Å²) < 4.78 is 0. The molecule has 0 unspecified atom stereocenters. The van der Waals surface area contributed by atoms with Gasteiger partial charge in [0.2, 0.25) is 0 Å². The van der Waals surface area contributed by atoms with Crippen molar-refractivity contribution in [2.45, 2.75) is 37.8 Å². The number of likely N-dealkylation sites (N-methyl/N-ethyl adjacent to an activating group) is 1. The van der Waals surface area contributed by atoms with Crippen molar-refractivity contribution in [1.82, 2.24) is 9.80 Å². The third kappa shape index (κ3) is 2.47. The lowest BCUT2D eigenvalue weighted by Crippen LogP contribution is -2.51. The van der Waals surface area contributed by atoms with E-state index in [1.54, 1.807) is 0 Å². The second-order valence-electron chi connectivity index (χ2n) is 4.92. The molecular weight excluding hydrogens is 174 g/mol. The molecule has 1 saturated heterocycles. The van der Waals surface area contributed by atoms with E-state index in [4.69, 9.17) is 5.73 Å². The van der Waals surface area contributed by atoms with E-state index in [-0.39, 0.29) is 0 Å². The lowest BCUT2D eigenvalue weighted by molar-refractivity contribution is 0.0869. The fraction of sp³-hybridized carbons (Fsp3) is 1.00. The molecule has 2 fully saturated rings. The van der Waals surface area contributed by atoms with Gasteiger partial charge in [-0.3, -0.25) is 4.90 Å². The minimum atomic E-state index is 0.466. The van der Waals surface area contributed by atoms with Gasteiger partial charge in [0.1, 0.15) is 0 Å². The zero-order chi connectivity index (χ0) is 9.97. The first kappa shape index (κ1) is 10.4. The molecule has 0 bridgehead atoms. The fourth-order valence-electron chi connectivity index (χ4n) is 2.72. The Morgan fingerprint density at radius 1 is 1.07 bits per heavy atom. The van der Waals surface area contributed by atoms with E-state index in [1.807, 2.05) is 0 Å². The predicted molar refractivity (Wildman–Crippen MR) is 59.3 cm³/mol. The maximum Gasteiger partial charge on any atom is 0.0113 e. The smallest absolute Gasteiger partial charge is 0.0113 e. The zero-order valence-electron chi connectivity index (χ0n) is 9.28. The quantitative estimate of drug-likeness (QED) is 0.664.